The predicted octanol–water partition coefficient (Wildman–Crippen LogP) is 3.89. The van der Waals surface area contributed by atoms with E-state index in [0.29, 0.717) is 6.71 Å². The minimum atomic E-state index is 0.445. The fourth-order valence-electron chi connectivity index (χ4n) is 6.17. The summed E-state index contributed by atoms with van der Waals surface area (Å²) >= 11 is 0. The molecule has 4 aromatic carbocycles. The quantitative estimate of drug-likeness (QED) is 0.386. The summed E-state index contributed by atoms with van der Waals surface area (Å²) in [6.07, 6.45) is 3.23. The van der Waals surface area contributed by atoms with Gasteiger partial charge in [-0.2, -0.15) is 0 Å². The SMILES string of the molecule is Cc1cccc(-c2cc3c4c(c2)Cc2cccc5c2B4c2c(cccc2C3)C5)c1. The maximum Gasteiger partial charge on any atom is 0.243 e. The van der Waals surface area contributed by atoms with E-state index in [1.54, 1.807) is 27.5 Å². The zero-order chi connectivity index (χ0) is 19.1. The van der Waals surface area contributed by atoms with Crippen molar-refractivity contribution in [3.8, 4) is 11.1 Å². The first-order valence-electron chi connectivity index (χ1n) is 10.7. The molecule has 0 bridgehead atoms. The van der Waals surface area contributed by atoms with Crippen molar-refractivity contribution < 1.29 is 0 Å². The van der Waals surface area contributed by atoms with Crippen LogP contribution in [0.5, 0.6) is 0 Å². The van der Waals surface area contributed by atoms with Crippen LogP contribution >= 0.6 is 0 Å². The van der Waals surface area contributed by atoms with Crippen molar-refractivity contribution in [3.63, 3.8) is 0 Å². The maximum atomic E-state index is 2.48. The van der Waals surface area contributed by atoms with Crippen molar-refractivity contribution in [2.75, 3.05) is 0 Å². The first-order chi connectivity index (χ1) is 14.3. The zero-order valence-corrected chi connectivity index (χ0v) is 16.6. The zero-order valence-electron chi connectivity index (χ0n) is 16.6. The lowest BCUT2D eigenvalue weighted by Crippen LogP contribution is -2.64. The van der Waals surface area contributed by atoms with Crippen LogP contribution in [0.2, 0.25) is 0 Å². The summed E-state index contributed by atoms with van der Waals surface area (Å²) < 4.78 is 0. The van der Waals surface area contributed by atoms with Gasteiger partial charge in [0.05, 0.1) is 0 Å². The van der Waals surface area contributed by atoms with Gasteiger partial charge < -0.3 is 0 Å². The van der Waals surface area contributed by atoms with E-state index >= 15 is 0 Å². The van der Waals surface area contributed by atoms with Gasteiger partial charge in [0.25, 0.3) is 0 Å². The highest BCUT2D eigenvalue weighted by Gasteiger charge is 2.41. The molecule has 7 rings (SSSR count). The normalized spacial score (nSPS) is 14.6. The molecular formula is C28H21B. The summed E-state index contributed by atoms with van der Waals surface area (Å²) in [6, 6.07) is 27.9. The molecule has 0 unspecified atom stereocenters. The summed E-state index contributed by atoms with van der Waals surface area (Å²) in [6.45, 7) is 2.63. The molecule has 0 nitrogen and oxygen atoms in total. The van der Waals surface area contributed by atoms with Gasteiger partial charge in [-0.05, 0) is 70.7 Å². The van der Waals surface area contributed by atoms with Crippen LogP contribution in [-0.2, 0) is 19.3 Å². The number of hydrogen-bond donors (Lipinski definition) is 0. The van der Waals surface area contributed by atoms with Crippen LogP contribution in [0.3, 0.4) is 0 Å². The third-order valence-corrected chi connectivity index (χ3v) is 7.28. The summed E-state index contributed by atoms with van der Waals surface area (Å²) in [5.74, 6) is 0. The fourth-order valence-corrected chi connectivity index (χ4v) is 6.17. The molecule has 0 saturated heterocycles. The molecule has 4 aromatic rings. The van der Waals surface area contributed by atoms with Crippen molar-refractivity contribution in [2.24, 2.45) is 0 Å². The molecule has 0 atom stereocenters. The van der Waals surface area contributed by atoms with E-state index in [1.807, 2.05) is 0 Å². The number of benzene rings is 4. The molecule has 136 valence electrons. The van der Waals surface area contributed by atoms with Gasteiger partial charge in [-0.3, -0.25) is 0 Å². The molecule has 29 heavy (non-hydrogen) atoms. The molecule has 0 saturated carbocycles. The molecule has 3 heterocycles. The summed E-state index contributed by atoms with van der Waals surface area (Å²) in [7, 11) is 0. The third kappa shape index (κ3) is 2.11. The molecule has 1 heteroatoms. The number of rotatable bonds is 1. The topological polar surface area (TPSA) is 0 Å². The second-order valence-corrected chi connectivity index (χ2v) is 9.02. The standard InChI is InChI=1S/C28H21B/c1-17-5-2-6-18(11-17)23-15-24-13-21-9-3-7-19-12-20-8-4-10-22-14-25(16-23)28(24)29(26(19)21)27(20)22/h2-11,15-16H,12-14H2,1H3. The molecule has 0 radical (unpaired) electrons. The molecule has 0 fully saturated rings. The molecule has 0 N–H and O–H groups in total. The second kappa shape index (κ2) is 5.51. The maximum absolute atomic E-state index is 2.48. The average Bonchev–Trinajstić information content (AvgIpc) is 2.73. The first-order valence-corrected chi connectivity index (χ1v) is 10.7. The fraction of sp³-hybridized carbons (Fsp3) is 0.143. The van der Waals surface area contributed by atoms with Gasteiger partial charge in [0, 0.05) is 0 Å². The Balaban J connectivity index is 1.54. The molecule has 0 aromatic heterocycles. The molecule has 3 aliphatic rings. The summed E-state index contributed by atoms with van der Waals surface area (Å²) in [4.78, 5) is 0. The Morgan fingerprint density at radius 1 is 0.517 bits per heavy atom. The van der Waals surface area contributed by atoms with Crippen molar-refractivity contribution in [1.82, 2.24) is 0 Å². The van der Waals surface area contributed by atoms with E-state index in [2.05, 4.69) is 79.7 Å². The Morgan fingerprint density at radius 3 is 1.55 bits per heavy atom. The highest BCUT2D eigenvalue weighted by Crippen LogP contribution is 2.31. The van der Waals surface area contributed by atoms with Gasteiger partial charge in [0.2, 0.25) is 6.71 Å². The van der Waals surface area contributed by atoms with E-state index in [1.165, 1.54) is 38.9 Å². The van der Waals surface area contributed by atoms with Gasteiger partial charge in [-0.15, -0.1) is 0 Å². The smallest absolute Gasteiger partial charge is 0.0617 e. The van der Waals surface area contributed by atoms with Crippen LogP contribution < -0.4 is 16.4 Å². The Bertz CT molecular complexity index is 1270. The van der Waals surface area contributed by atoms with Gasteiger partial charge >= 0.3 is 0 Å². The van der Waals surface area contributed by atoms with Gasteiger partial charge in [0.1, 0.15) is 0 Å². The van der Waals surface area contributed by atoms with Crippen LogP contribution in [0.15, 0.2) is 72.8 Å². The van der Waals surface area contributed by atoms with Crippen LogP contribution in [0.4, 0.5) is 0 Å². The highest BCUT2D eigenvalue weighted by atomic mass is 14.3. The minimum Gasteiger partial charge on any atom is -0.0617 e. The lowest BCUT2D eigenvalue weighted by Gasteiger charge is -2.39. The molecule has 0 aliphatic carbocycles. The van der Waals surface area contributed by atoms with Crippen molar-refractivity contribution in [2.45, 2.75) is 26.2 Å². The van der Waals surface area contributed by atoms with Crippen LogP contribution in [-0.4, -0.2) is 6.71 Å². The summed E-state index contributed by atoms with van der Waals surface area (Å²) in [5.41, 5.74) is 18.1. The number of hydrogen-bond acceptors (Lipinski definition) is 0. The van der Waals surface area contributed by atoms with Gasteiger partial charge in [-0.1, -0.05) is 94.7 Å². The van der Waals surface area contributed by atoms with E-state index in [9.17, 15) is 0 Å². The van der Waals surface area contributed by atoms with Crippen molar-refractivity contribution >= 4 is 23.1 Å². The lowest BCUT2D eigenvalue weighted by molar-refractivity contribution is 1.10. The molecule has 0 spiro atoms. The van der Waals surface area contributed by atoms with Crippen molar-refractivity contribution in [1.29, 1.82) is 0 Å². The van der Waals surface area contributed by atoms with Crippen molar-refractivity contribution in [3.05, 3.63) is 112 Å². The van der Waals surface area contributed by atoms with Gasteiger partial charge in [-0.25, -0.2) is 0 Å². The first kappa shape index (κ1) is 15.8. The van der Waals surface area contributed by atoms with Gasteiger partial charge in [0.15, 0.2) is 0 Å². The monoisotopic (exact) mass is 368 g/mol. The molecule has 3 aliphatic heterocycles. The largest absolute Gasteiger partial charge is 0.243 e. The van der Waals surface area contributed by atoms with Crippen LogP contribution in [0.1, 0.15) is 38.9 Å². The highest BCUT2D eigenvalue weighted by molar-refractivity contribution is 6.98. The average molecular weight is 368 g/mol. The minimum absolute atomic E-state index is 0.445. The summed E-state index contributed by atoms with van der Waals surface area (Å²) in [5, 5.41) is 0. The molecule has 0 amide bonds. The Morgan fingerprint density at radius 2 is 1.00 bits per heavy atom. The van der Waals surface area contributed by atoms with E-state index in [0.717, 1.165) is 19.3 Å². The third-order valence-electron chi connectivity index (χ3n) is 7.28. The Hall–Kier alpha value is -3.06. The number of aryl methyl sites for hydroxylation is 1. The Labute approximate surface area is 172 Å². The Kier molecular flexibility index (Phi) is 3.01. The van der Waals surface area contributed by atoms with Crippen LogP contribution in [0.25, 0.3) is 11.1 Å². The predicted molar refractivity (Wildman–Crippen MR) is 123 cm³/mol. The van der Waals surface area contributed by atoms with E-state index in [4.69, 9.17) is 0 Å². The van der Waals surface area contributed by atoms with Crippen LogP contribution in [0, 0.1) is 6.92 Å². The molecular weight excluding hydrogens is 347 g/mol. The second-order valence-electron chi connectivity index (χ2n) is 9.02. The lowest BCUT2D eigenvalue weighted by atomic mass is 9.28. The van der Waals surface area contributed by atoms with E-state index in [-0.39, 0.29) is 0 Å². The van der Waals surface area contributed by atoms with E-state index < -0.39 is 0 Å².